The molecule has 28 heavy (non-hydrogen) atoms. The number of carbonyl (C=O) groups is 1. The summed E-state index contributed by atoms with van der Waals surface area (Å²) in [6.45, 7) is 5.71. The van der Waals surface area contributed by atoms with Crippen LogP contribution in [0, 0.1) is 0 Å². The van der Waals surface area contributed by atoms with Gasteiger partial charge in [0.05, 0.1) is 13.2 Å². The minimum atomic E-state index is -1.45. The molecule has 0 bridgehead atoms. The normalized spacial score (nSPS) is 30.9. The number of ether oxygens (including phenoxy) is 5. The van der Waals surface area contributed by atoms with E-state index in [2.05, 4.69) is 4.98 Å². The number of esters is 1. The summed E-state index contributed by atoms with van der Waals surface area (Å²) in [6, 6.07) is 9.88. The number of benzene rings is 1. The van der Waals surface area contributed by atoms with Crippen LogP contribution in [0.4, 0.5) is 0 Å². The molecule has 0 amide bonds. The van der Waals surface area contributed by atoms with Crippen LogP contribution in [-0.2, 0) is 40.9 Å². The summed E-state index contributed by atoms with van der Waals surface area (Å²) in [5, 5.41) is 2.32. The molecule has 1 unspecified atom stereocenters. The highest BCUT2D eigenvalue weighted by atomic mass is 32.1. The quantitative estimate of drug-likeness (QED) is 0.684. The Hall–Kier alpha value is -1.84. The molecule has 7 nitrogen and oxygen atoms in total. The number of thiazole rings is 1. The van der Waals surface area contributed by atoms with Crippen LogP contribution < -0.4 is 0 Å². The van der Waals surface area contributed by atoms with Gasteiger partial charge in [-0.3, -0.25) is 4.79 Å². The molecule has 2 fully saturated rings. The molecule has 0 spiro atoms. The largest absolute Gasteiger partial charge is 0.423 e. The summed E-state index contributed by atoms with van der Waals surface area (Å²) in [7, 11) is 0. The number of hydrogen-bond acceptors (Lipinski definition) is 8. The van der Waals surface area contributed by atoms with Crippen molar-refractivity contribution in [3.63, 3.8) is 0 Å². The fraction of sp³-hybridized carbons (Fsp3) is 0.500. The molecule has 150 valence electrons. The number of fused-ring (bicyclic) bond motifs is 1. The van der Waals surface area contributed by atoms with Gasteiger partial charge in [0, 0.05) is 18.5 Å². The molecule has 0 aliphatic carbocycles. The van der Waals surface area contributed by atoms with Crippen molar-refractivity contribution in [2.75, 3.05) is 6.61 Å². The lowest BCUT2D eigenvalue weighted by molar-refractivity contribution is -0.292. The molecule has 1 aromatic carbocycles. The summed E-state index contributed by atoms with van der Waals surface area (Å²) in [5.74, 6) is -2.76. The lowest BCUT2D eigenvalue weighted by atomic mass is 10.1. The van der Waals surface area contributed by atoms with E-state index in [4.69, 9.17) is 23.7 Å². The zero-order valence-corrected chi connectivity index (χ0v) is 16.8. The molecule has 4 atom stereocenters. The van der Waals surface area contributed by atoms with Crippen LogP contribution in [0.2, 0.25) is 0 Å². The van der Waals surface area contributed by atoms with Crippen LogP contribution in [0.25, 0.3) is 0 Å². The van der Waals surface area contributed by atoms with Crippen molar-refractivity contribution in [1.29, 1.82) is 0 Å². The second kappa shape index (κ2) is 7.53. The van der Waals surface area contributed by atoms with E-state index in [1.807, 2.05) is 44.2 Å². The van der Waals surface area contributed by atoms with Crippen LogP contribution in [0.1, 0.15) is 31.3 Å². The topological polar surface area (TPSA) is 76.1 Å². The predicted molar refractivity (Wildman–Crippen MR) is 100 cm³/mol. The summed E-state index contributed by atoms with van der Waals surface area (Å²) in [5.41, 5.74) is 1.06. The van der Waals surface area contributed by atoms with Gasteiger partial charge in [-0.2, -0.15) is 0 Å². The van der Waals surface area contributed by atoms with E-state index in [1.165, 1.54) is 18.3 Å². The highest BCUT2D eigenvalue weighted by molar-refractivity contribution is 7.09. The van der Waals surface area contributed by atoms with Gasteiger partial charge in [0.15, 0.2) is 16.9 Å². The molecule has 0 radical (unpaired) electrons. The lowest BCUT2D eigenvalue weighted by Gasteiger charge is -2.32. The smallest absolute Gasteiger partial charge is 0.305 e. The Morgan fingerprint density at radius 1 is 1.21 bits per heavy atom. The van der Waals surface area contributed by atoms with Gasteiger partial charge in [-0.1, -0.05) is 30.3 Å². The summed E-state index contributed by atoms with van der Waals surface area (Å²) in [6.07, 6.45) is 0.0831. The van der Waals surface area contributed by atoms with Gasteiger partial charge in [0.1, 0.15) is 12.2 Å². The zero-order chi connectivity index (χ0) is 19.8. The van der Waals surface area contributed by atoms with E-state index >= 15 is 0 Å². The second-order valence-electron chi connectivity index (χ2n) is 7.28. The molecule has 8 heteroatoms. The Bertz CT molecular complexity index is 811. The van der Waals surface area contributed by atoms with Crippen LogP contribution >= 0.6 is 11.3 Å². The van der Waals surface area contributed by atoms with E-state index in [-0.39, 0.29) is 6.61 Å². The highest BCUT2D eigenvalue weighted by Crippen LogP contribution is 2.50. The molecule has 0 saturated carbocycles. The first-order valence-corrected chi connectivity index (χ1v) is 10.0. The first-order chi connectivity index (χ1) is 13.4. The highest BCUT2D eigenvalue weighted by Gasteiger charge is 2.67. The lowest BCUT2D eigenvalue weighted by Crippen LogP contribution is -2.44. The van der Waals surface area contributed by atoms with Crippen molar-refractivity contribution in [3.8, 4) is 0 Å². The van der Waals surface area contributed by atoms with Crippen molar-refractivity contribution in [3.05, 3.63) is 52.5 Å². The molecular weight excluding hydrogens is 382 g/mol. The Balaban J connectivity index is 1.57. The Morgan fingerprint density at radius 2 is 2.00 bits per heavy atom. The van der Waals surface area contributed by atoms with Crippen molar-refractivity contribution in [1.82, 2.24) is 4.98 Å². The zero-order valence-electron chi connectivity index (χ0n) is 16.0. The molecule has 3 heterocycles. The van der Waals surface area contributed by atoms with Gasteiger partial charge in [-0.15, -0.1) is 11.3 Å². The van der Waals surface area contributed by atoms with Gasteiger partial charge in [0.2, 0.25) is 0 Å². The minimum absolute atomic E-state index is 0.268. The van der Waals surface area contributed by atoms with Crippen LogP contribution in [0.3, 0.4) is 0 Å². The van der Waals surface area contributed by atoms with Gasteiger partial charge in [-0.05, 0) is 19.4 Å². The Labute approximate surface area is 167 Å². The summed E-state index contributed by atoms with van der Waals surface area (Å²) >= 11 is 1.34. The number of aromatic nitrogens is 1. The molecule has 2 aromatic rings. The second-order valence-corrected chi connectivity index (χ2v) is 8.17. The molecule has 2 aliphatic heterocycles. The number of rotatable bonds is 6. The first kappa shape index (κ1) is 19.5. The van der Waals surface area contributed by atoms with Crippen LogP contribution in [0.5, 0.6) is 0 Å². The first-order valence-electron chi connectivity index (χ1n) is 9.14. The number of nitrogens with zero attached hydrogens (tertiary/aromatic N) is 1. The number of hydrogen-bond donors (Lipinski definition) is 0. The Kier molecular flexibility index (Phi) is 5.24. The monoisotopic (exact) mass is 405 g/mol. The van der Waals surface area contributed by atoms with Gasteiger partial charge in [-0.25, -0.2) is 4.98 Å². The van der Waals surface area contributed by atoms with E-state index in [9.17, 15) is 4.79 Å². The van der Waals surface area contributed by atoms with Crippen molar-refractivity contribution < 1.29 is 28.5 Å². The molecule has 0 N–H and O–H groups in total. The standard InChI is InChI=1S/C20H23NO6S/c1-13(22)24-20(18-21-9-10-28-18)17-16(26-19(2,3)27-17)15(25-20)12-23-11-14-7-5-4-6-8-14/h4-10,15-17H,11-12H2,1-3H3/t15-,16-,17-,20?/m1/s1. The average molecular weight is 405 g/mol. The van der Waals surface area contributed by atoms with Gasteiger partial charge >= 0.3 is 5.97 Å². The van der Waals surface area contributed by atoms with Gasteiger partial charge < -0.3 is 23.7 Å². The number of carbonyl (C=O) groups excluding carboxylic acids is 1. The Morgan fingerprint density at radius 3 is 2.68 bits per heavy atom. The van der Waals surface area contributed by atoms with Crippen molar-refractivity contribution in [2.45, 2.75) is 57.3 Å². The third-order valence-corrected chi connectivity index (χ3v) is 5.49. The van der Waals surface area contributed by atoms with Crippen molar-refractivity contribution >= 4 is 17.3 Å². The average Bonchev–Trinajstić information content (AvgIpc) is 3.33. The minimum Gasteiger partial charge on any atom is -0.423 e. The molecule has 1 aromatic heterocycles. The SMILES string of the molecule is CC(=O)OC1(c2nccs2)O[C@H](COCc2ccccc2)[C@H]2OC(C)(C)O[C@H]21. The third kappa shape index (κ3) is 3.70. The third-order valence-electron chi connectivity index (χ3n) is 4.62. The van der Waals surface area contributed by atoms with E-state index in [0.717, 1.165) is 5.56 Å². The van der Waals surface area contributed by atoms with Crippen molar-refractivity contribution in [2.24, 2.45) is 0 Å². The molecule has 4 rings (SSSR count). The maximum atomic E-state index is 11.9. The summed E-state index contributed by atoms with van der Waals surface area (Å²) in [4.78, 5) is 16.2. The summed E-state index contributed by atoms with van der Waals surface area (Å²) < 4.78 is 30.0. The van der Waals surface area contributed by atoms with Crippen LogP contribution in [-0.4, -0.2) is 41.7 Å². The van der Waals surface area contributed by atoms with Gasteiger partial charge in [0.25, 0.3) is 5.79 Å². The molecule has 2 saturated heterocycles. The molecular formula is C20H23NO6S. The van der Waals surface area contributed by atoms with E-state index in [0.29, 0.717) is 11.6 Å². The molecule has 2 aliphatic rings. The fourth-order valence-electron chi connectivity index (χ4n) is 3.62. The maximum absolute atomic E-state index is 11.9. The fourth-order valence-corrected chi connectivity index (χ4v) is 4.36. The van der Waals surface area contributed by atoms with E-state index < -0.39 is 35.9 Å². The van der Waals surface area contributed by atoms with Crippen LogP contribution in [0.15, 0.2) is 41.9 Å². The van der Waals surface area contributed by atoms with E-state index in [1.54, 1.807) is 11.6 Å². The predicted octanol–water partition coefficient (Wildman–Crippen LogP) is 2.99. The maximum Gasteiger partial charge on any atom is 0.305 e.